The van der Waals surface area contributed by atoms with Gasteiger partial charge in [-0.25, -0.2) is 4.98 Å². The number of halogens is 1. The van der Waals surface area contributed by atoms with E-state index in [1.807, 2.05) is 18.2 Å². The smallest absolute Gasteiger partial charge is 0.225 e. The van der Waals surface area contributed by atoms with E-state index < -0.39 is 0 Å². The summed E-state index contributed by atoms with van der Waals surface area (Å²) in [6.07, 6.45) is 4.38. The molecule has 0 unspecified atom stereocenters. The fraction of sp³-hybridized carbons (Fsp3) is 0.0909. The number of oxazole rings is 1. The molecule has 2 rings (SSSR count). The third-order valence-electron chi connectivity index (χ3n) is 2.03. The van der Waals surface area contributed by atoms with Crippen LogP contribution < -0.4 is 0 Å². The van der Waals surface area contributed by atoms with Gasteiger partial charge in [-0.2, -0.15) is 0 Å². The van der Waals surface area contributed by atoms with Crippen LogP contribution in [0.3, 0.4) is 0 Å². The predicted molar refractivity (Wildman–Crippen MR) is 59.4 cm³/mol. The van der Waals surface area contributed by atoms with Gasteiger partial charge in [-0.1, -0.05) is 15.9 Å². The van der Waals surface area contributed by atoms with Crippen molar-refractivity contribution in [3.8, 4) is 11.5 Å². The molecule has 0 N–H and O–H groups in total. The van der Waals surface area contributed by atoms with Gasteiger partial charge >= 0.3 is 0 Å². The number of benzene rings is 1. The van der Waals surface area contributed by atoms with Gasteiger partial charge in [0.05, 0.1) is 6.20 Å². The summed E-state index contributed by atoms with van der Waals surface area (Å²) in [5.74, 6) is 0.564. The second-order valence-corrected chi connectivity index (χ2v) is 3.87. The lowest BCUT2D eigenvalue weighted by atomic mass is 10.1. The summed E-state index contributed by atoms with van der Waals surface area (Å²) in [6, 6.07) is 5.67. The van der Waals surface area contributed by atoms with Crippen molar-refractivity contribution in [2.75, 3.05) is 0 Å². The zero-order chi connectivity index (χ0) is 10.7. The summed E-state index contributed by atoms with van der Waals surface area (Å²) in [4.78, 5) is 14.5. The van der Waals surface area contributed by atoms with Crippen molar-refractivity contribution in [1.82, 2.24) is 4.98 Å². The van der Waals surface area contributed by atoms with Crippen molar-refractivity contribution in [1.29, 1.82) is 0 Å². The van der Waals surface area contributed by atoms with Gasteiger partial charge in [0.2, 0.25) is 5.89 Å². The standard InChI is InChI=1S/C11H8BrNO2/c12-10-2-1-9(7-8(10)3-5-14)11-13-4-6-15-11/h1-2,4-7H,3H2. The minimum Gasteiger partial charge on any atom is -0.445 e. The van der Waals surface area contributed by atoms with Gasteiger partial charge in [0.25, 0.3) is 0 Å². The fourth-order valence-electron chi connectivity index (χ4n) is 1.32. The minimum atomic E-state index is 0.384. The molecule has 0 radical (unpaired) electrons. The summed E-state index contributed by atoms with van der Waals surface area (Å²) >= 11 is 3.38. The van der Waals surface area contributed by atoms with Crippen LogP contribution in [-0.2, 0) is 11.2 Å². The molecule has 0 spiro atoms. The van der Waals surface area contributed by atoms with Gasteiger partial charge in [0, 0.05) is 16.5 Å². The molecule has 1 aromatic heterocycles. The van der Waals surface area contributed by atoms with Crippen LogP contribution in [-0.4, -0.2) is 11.3 Å². The summed E-state index contributed by atoms with van der Waals surface area (Å²) in [5.41, 5.74) is 1.81. The van der Waals surface area contributed by atoms with E-state index in [0.717, 1.165) is 21.9 Å². The summed E-state index contributed by atoms with van der Waals surface area (Å²) < 4.78 is 6.10. The molecule has 1 aromatic carbocycles. The maximum atomic E-state index is 10.5. The van der Waals surface area contributed by atoms with Crippen LogP contribution in [0.5, 0.6) is 0 Å². The Morgan fingerprint density at radius 2 is 2.33 bits per heavy atom. The monoisotopic (exact) mass is 265 g/mol. The maximum Gasteiger partial charge on any atom is 0.225 e. The van der Waals surface area contributed by atoms with Crippen molar-refractivity contribution in [2.24, 2.45) is 0 Å². The van der Waals surface area contributed by atoms with Crippen molar-refractivity contribution in [3.63, 3.8) is 0 Å². The highest BCUT2D eigenvalue weighted by Crippen LogP contribution is 2.24. The molecule has 0 aliphatic heterocycles. The molecular weight excluding hydrogens is 258 g/mol. The van der Waals surface area contributed by atoms with Gasteiger partial charge in [-0.15, -0.1) is 0 Å². The molecule has 76 valence electrons. The number of nitrogens with zero attached hydrogens (tertiary/aromatic N) is 1. The topological polar surface area (TPSA) is 43.1 Å². The van der Waals surface area contributed by atoms with Crippen molar-refractivity contribution >= 4 is 22.2 Å². The third-order valence-corrected chi connectivity index (χ3v) is 2.80. The van der Waals surface area contributed by atoms with Gasteiger partial charge in [0.1, 0.15) is 12.5 Å². The first kappa shape index (κ1) is 10.1. The Hall–Kier alpha value is -1.42. The van der Waals surface area contributed by atoms with Crippen molar-refractivity contribution in [3.05, 3.63) is 40.7 Å². The number of carbonyl (C=O) groups is 1. The molecule has 2 aromatic rings. The van der Waals surface area contributed by atoms with Crippen LogP contribution in [0.1, 0.15) is 5.56 Å². The van der Waals surface area contributed by atoms with E-state index in [0.29, 0.717) is 12.3 Å². The molecule has 0 aliphatic rings. The lowest BCUT2D eigenvalue weighted by Gasteiger charge is -2.02. The van der Waals surface area contributed by atoms with Crippen LogP contribution in [0.2, 0.25) is 0 Å². The number of aldehydes is 1. The summed E-state index contributed by atoms with van der Waals surface area (Å²) in [7, 11) is 0. The highest BCUT2D eigenvalue weighted by molar-refractivity contribution is 9.10. The van der Waals surface area contributed by atoms with Gasteiger partial charge in [-0.05, 0) is 23.8 Å². The Kier molecular flexibility index (Phi) is 2.97. The highest BCUT2D eigenvalue weighted by Gasteiger charge is 2.05. The molecule has 0 fully saturated rings. The van der Waals surface area contributed by atoms with Crippen LogP contribution in [0.4, 0.5) is 0 Å². The second-order valence-electron chi connectivity index (χ2n) is 3.01. The van der Waals surface area contributed by atoms with Gasteiger partial charge in [0.15, 0.2) is 0 Å². The van der Waals surface area contributed by atoms with Gasteiger partial charge < -0.3 is 9.21 Å². The van der Waals surface area contributed by atoms with E-state index in [4.69, 9.17) is 4.42 Å². The Bertz CT molecular complexity index is 465. The number of rotatable bonds is 3. The fourth-order valence-corrected chi connectivity index (χ4v) is 1.73. The Balaban J connectivity index is 2.42. The number of carbonyl (C=O) groups excluding carboxylic acids is 1. The average Bonchev–Trinajstić information content (AvgIpc) is 2.75. The Morgan fingerprint density at radius 1 is 1.47 bits per heavy atom. The first-order valence-electron chi connectivity index (χ1n) is 4.43. The highest BCUT2D eigenvalue weighted by atomic mass is 79.9. The maximum absolute atomic E-state index is 10.5. The lowest BCUT2D eigenvalue weighted by molar-refractivity contribution is -0.107. The van der Waals surface area contributed by atoms with E-state index in [1.165, 1.54) is 6.26 Å². The average molecular weight is 266 g/mol. The van der Waals surface area contributed by atoms with E-state index >= 15 is 0 Å². The molecule has 0 saturated heterocycles. The SMILES string of the molecule is O=CCc1cc(-c2ncco2)ccc1Br. The lowest BCUT2D eigenvalue weighted by Crippen LogP contribution is -1.89. The van der Waals surface area contributed by atoms with Crippen LogP contribution >= 0.6 is 15.9 Å². The molecule has 4 heteroatoms. The first-order valence-corrected chi connectivity index (χ1v) is 5.22. The van der Waals surface area contributed by atoms with Crippen LogP contribution in [0, 0.1) is 0 Å². The molecule has 0 aliphatic carbocycles. The second kappa shape index (κ2) is 4.40. The minimum absolute atomic E-state index is 0.384. The number of hydrogen-bond donors (Lipinski definition) is 0. The Labute approximate surface area is 95.3 Å². The molecular formula is C11H8BrNO2. The van der Waals surface area contributed by atoms with Crippen LogP contribution in [0.15, 0.2) is 39.5 Å². The summed E-state index contributed by atoms with van der Waals surface area (Å²) in [5, 5.41) is 0. The van der Waals surface area contributed by atoms with E-state index in [-0.39, 0.29) is 0 Å². The summed E-state index contributed by atoms with van der Waals surface area (Å²) in [6.45, 7) is 0. The molecule has 0 bridgehead atoms. The quantitative estimate of drug-likeness (QED) is 0.802. The zero-order valence-electron chi connectivity index (χ0n) is 7.81. The van der Waals surface area contributed by atoms with E-state index in [1.54, 1.807) is 6.20 Å². The molecule has 1 heterocycles. The predicted octanol–water partition coefficient (Wildman–Crippen LogP) is 2.85. The Morgan fingerprint density at radius 3 is 3.00 bits per heavy atom. The van der Waals surface area contributed by atoms with Crippen LogP contribution in [0.25, 0.3) is 11.5 Å². The zero-order valence-corrected chi connectivity index (χ0v) is 9.40. The number of aromatic nitrogens is 1. The molecule has 3 nitrogen and oxygen atoms in total. The number of hydrogen-bond acceptors (Lipinski definition) is 3. The molecule has 0 amide bonds. The molecule has 0 saturated carbocycles. The first-order chi connectivity index (χ1) is 7.31. The van der Waals surface area contributed by atoms with Crippen molar-refractivity contribution < 1.29 is 9.21 Å². The largest absolute Gasteiger partial charge is 0.445 e. The third kappa shape index (κ3) is 2.15. The van der Waals surface area contributed by atoms with E-state index in [2.05, 4.69) is 20.9 Å². The van der Waals surface area contributed by atoms with Crippen molar-refractivity contribution in [2.45, 2.75) is 6.42 Å². The molecule has 15 heavy (non-hydrogen) atoms. The normalized spacial score (nSPS) is 10.2. The van der Waals surface area contributed by atoms with Gasteiger partial charge in [-0.3, -0.25) is 0 Å². The molecule has 0 atom stereocenters. The van der Waals surface area contributed by atoms with E-state index in [9.17, 15) is 4.79 Å².